The van der Waals surface area contributed by atoms with Gasteiger partial charge >= 0.3 is 0 Å². The molecule has 0 saturated heterocycles. The number of rotatable bonds is 7. The van der Waals surface area contributed by atoms with E-state index in [1.165, 1.54) is 15.3 Å². The van der Waals surface area contributed by atoms with Gasteiger partial charge in [-0.25, -0.2) is 9.97 Å². The van der Waals surface area contributed by atoms with Crippen LogP contribution in [0, 0.1) is 0 Å². The number of aromatic nitrogens is 6. The zero-order valence-electron chi connectivity index (χ0n) is 18.6. The molecule has 0 fully saturated rings. The number of nitrogens with one attached hydrogen (secondary N) is 2. The number of anilines is 3. The predicted octanol–water partition coefficient (Wildman–Crippen LogP) is 1.18. The van der Waals surface area contributed by atoms with Crippen LogP contribution < -0.4 is 21.9 Å². The molecular weight excluding hydrogens is 424 g/mol. The Morgan fingerprint density at radius 1 is 1.21 bits per heavy atom. The fourth-order valence-electron chi connectivity index (χ4n) is 3.22. The summed E-state index contributed by atoms with van der Waals surface area (Å²) in [5.74, 6) is 0.641. The fraction of sp³-hybridized carbons (Fsp3) is 0.238. The van der Waals surface area contributed by atoms with Gasteiger partial charge in [-0.05, 0) is 33.2 Å². The Balaban J connectivity index is 1.70. The van der Waals surface area contributed by atoms with Crippen molar-refractivity contribution in [3.05, 3.63) is 64.6 Å². The van der Waals surface area contributed by atoms with E-state index in [4.69, 9.17) is 5.73 Å². The highest BCUT2D eigenvalue weighted by molar-refractivity contribution is 5.98. The maximum absolute atomic E-state index is 13.1. The summed E-state index contributed by atoms with van der Waals surface area (Å²) >= 11 is 0. The Labute approximate surface area is 189 Å². The number of pyridine rings is 1. The number of primary amides is 1. The number of hydrogen-bond acceptors (Lipinski definition) is 9. The second-order valence-electron chi connectivity index (χ2n) is 7.60. The lowest BCUT2D eigenvalue weighted by molar-refractivity contribution is 0.100. The molecule has 33 heavy (non-hydrogen) atoms. The number of hydrogen-bond donors (Lipinski definition) is 3. The highest BCUT2D eigenvalue weighted by Gasteiger charge is 2.16. The van der Waals surface area contributed by atoms with E-state index in [0.29, 0.717) is 17.5 Å². The van der Waals surface area contributed by atoms with Gasteiger partial charge in [-0.3, -0.25) is 19.1 Å². The zero-order valence-corrected chi connectivity index (χ0v) is 18.6. The van der Waals surface area contributed by atoms with E-state index >= 15 is 0 Å². The van der Waals surface area contributed by atoms with E-state index in [0.717, 1.165) is 5.69 Å². The topological polar surface area (TPSA) is 148 Å². The molecule has 12 heteroatoms. The molecule has 0 aromatic carbocycles. The molecule has 0 aliphatic heterocycles. The maximum atomic E-state index is 13.1. The Morgan fingerprint density at radius 2 is 2.00 bits per heavy atom. The Kier molecular flexibility index (Phi) is 5.75. The van der Waals surface area contributed by atoms with Crippen LogP contribution in [-0.4, -0.2) is 61.1 Å². The summed E-state index contributed by atoms with van der Waals surface area (Å²) in [6.45, 7) is 2.02. The van der Waals surface area contributed by atoms with E-state index in [1.54, 1.807) is 43.8 Å². The molecule has 1 amide bonds. The summed E-state index contributed by atoms with van der Waals surface area (Å²) in [4.78, 5) is 40.2. The predicted molar refractivity (Wildman–Crippen MR) is 124 cm³/mol. The first-order valence-corrected chi connectivity index (χ1v) is 10.1. The lowest BCUT2D eigenvalue weighted by Gasteiger charge is -2.18. The van der Waals surface area contributed by atoms with Crippen molar-refractivity contribution in [2.24, 2.45) is 5.73 Å². The third-order valence-corrected chi connectivity index (χ3v) is 5.31. The van der Waals surface area contributed by atoms with Gasteiger partial charge in [-0.2, -0.15) is 9.61 Å². The van der Waals surface area contributed by atoms with Crippen LogP contribution in [0.4, 0.5) is 17.3 Å². The van der Waals surface area contributed by atoms with Crippen LogP contribution >= 0.6 is 0 Å². The molecule has 0 aliphatic carbocycles. The average molecular weight is 448 g/mol. The fourth-order valence-corrected chi connectivity index (χ4v) is 3.22. The normalized spacial score (nSPS) is 12.2. The van der Waals surface area contributed by atoms with Crippen LogP contribution in [0.5, 0.6) is 0 Å². The summed E-state index contributed by atoms with van der Waals surface area (Å²) in [6, 6.07) is 5.10. The number of carbonyl (C=O) groups is 1. The third-order valence-electron chi connectivity index (χ3n) is 5.31. The van der Waals surface area contributed by atoms with Crippen LogP contribution in [-0.2, 0) is 0 Å². The quantitative estimate of drug-likeness (QED) is 0.379. The van der Waals surface area contributed by atoms with Crippen molar-refractivity contribution < 1.29 is 4.79 Å². The maximum Gasteiger partial charge on any atom is 0.280 e. The highest BCUT2D eigenvalue weighted by atomic mass is 16.1. The molecule has 4 N–H and O–H groups in total. The molecule has 0 radical (unpaired) electrons. The largest absolute Gasteiger partial charge is 0.373 e. The van der Waals surface area contributed by atoms with Gasteiger partial charge in [0.2, 0.25) is 0 Å². The monoisotopic (exact) mass is 448 g/mol. The molecule has 0 saturated carbocycles. The Morgan fingerprint density at radius 3 is 2.64 bits per heavy atom. The summed E-state index contributed by atoms with van der Waals surface area (Å²) in [5, 5.41) is 10.1. The lowest BCUT2D eigenvalue weighted by atomic mass is 10.2. The van der Waals surface area contributed by atoms with Gasteiger partial charge in [0.05, 0.1) is 30.3 Å². The zero-order chi connectivity index (χ0) is 23.7. The average Bonchev–Trinajstić information content (AvgIpc) is 3.24. The third kappa shape index (κ3) is 4.11. The van der Waals surface area contributed by atoms with Crippen LogP contribution in [0.1, 0.15) is 29.0 Å². The number of fused-ring (bicyclic) bond motifs is 1. The number of amides is 1. The van der Waals surface area contributed by atoms with Gasteiger partial charge in [-0.1, -0.05) is 0 Å². The molecule has 0 spiro atoms. The standard InChI is InChI=1S/C21H24N10O2/c1-12(29(3)4)15-10-25-18(11-24-15)30-7-5-6-14(21(30)33)27-16-8-17(23-2)31-20(28-16)13(9-26-31)19(22)32/h5-12,23H,1-4H3,(H2,22,32)(H,27,28). The summed E-state index contributed by atoms with van der Waals surface area (Å²) in [6.07, 6.45) is 6.19. The summed E-state index contributed by atoms with van der Waals surface area (Å²) in [7, 11) is 5.63. The molecule has 4 heterocycles. The van der Waals surface area contributed by atoms with E-state index < -0.39 is 5.91 Å². The molecule has 4 rings (SSSR count). The van der Waals surface area contributed by atoms with Crippen molar-refractivity contribution in [1.82, 2.24) is 34.0 Å². The SMILES string of the molecule is CNc1cc(Nc2cccn(-c3cnc(C(C)N(C)C)cn3)c2=O)nc2c(C(N)=O)cnn12. The molecule has 1 atom stereocenters. The summed E-state index contributed by atoms with van der Waals surface area (Å²) < 4.78 is 2.85. The van der Waals surface area contributed by atoms with Gasteiger partial charge in [0.1, 0.15) is 22.9 Å². The second kappa shape index (κ2) is 8.67. The number of carbonyl (C=O) groups excluding carboxylic acids is 1. The Hall–Kier alpha value is -4.32. The molecule has 12 nitrogen and oxygen atoms in total. The highest BCUT2D eigenvalue weighted by Crippen LogP contribution is 2.21. The van der Waals surface area contributed by atoms with Crippen LogP contribution in [0.2, 0.25) is 0 Å². The van der Waals surface area contributed by atoms with Crippen LogP contribution in [0.3, 0.4) is 0 Å². The van der Waals surface area contributed by atoms with Gasteiger partial charge in [-0.15, -0.1) is 0 Å². The van der Waals surface area contributed by atoms with E-state index in [2.05, 4.69) is 30.7 Å². The second-order valence-corrected chi connectivity index (χ2v) is 7.60. The number of nitrogens with two attached hydrogens (primary N) is 1. The van der Waals surface area contributed by atoms with Crippen LogP contribution in [0.15, 0.2) is 47.8 Å². The smallest absolute Gasteiger partial charge is 0.280 e. The van der Waals surface area contributed by atoms with Crippen molar-refractivity contribution in [2.75, 3.05) is 31.8 Å². The van der Waals surface area contributed by atoms with Crippen molar-refractivity contribution in [1.29, 1.82) is 0 Å². The lowest BCUT2D eigenvalue weighted by Crippen LogP contribution is -2.22. The molecule has 0 aliphatic rings. The first-order valence-electron chi connectivity index (χ1n) is 10.1. The van der Waals surface area contributed by atoms with Crippen molar-refractivity contribution in [2.45, 2.75) is 13.0 Å². The molecular formula is C21H24N10O2. The number of nitrogens with zero attached hydrogens (tertiary/aromatic N) is 7. The first-order chi connectivity index (χ1) is 15.8. The molecule has 170 valence electrons. The minimum atomic E-state index is -0.649. The Bertz CT molecular complexity index is 1370. The van der Waals surface area contributed by atoms with Crippen molar-refractivity contribution in [3.8, 4) is 5.82 Å². The van der Waals surface area contributed by atoms with Crippen molar-refractivity contribution >= 4 is 28.9 Å². The van der Waals surface area contributed by atoms with E-state index in [1.807, 2.05) is 25.9 Å². The van der Waals surface area contributed by atoms with Crippen molar-refractivity contribution in [3.63, 3.8) is 0 Å². The van der Waals surface area contributed by atoms with E-state index in [-0.39, 0.29) is 28.5 Å². The minimum Gasteiger partial charge on any atom is -0.373 e. The molecule has 0 bridgehead atoms. The first kappa shape index (κ1) is 21.9. The molecule has 4 aromatic heterocycles. The van der Waals surface area contributed by atoms with E-state index in [9.17, 15) is 9.59 Å². The van der Waals surface area contributed by atoms with Gasteiger partial charge < -0.3 is 21.3 Å². The molecule has 4 aromatic rings. The molecule has 1 unspecified atom stereocenters. The minimum absolute atomic E-state index is 0.0903. The van der Waals surface area contributed by atoms with Gasteiger partial charge in [0.25, 0.3) is 11.5 Å². The van der Waals surface area contributed by atoms with Crippen LogP contribution in [0.25, 0.3) is 11.5 Å². The summed E-state index contributed by atoms with van der Waals surface area (Å²) in [5.41, 5.74) is 6.60. The van der Waals surface area contributed by atoms with Gasteiger partial charge in [0, 0.05) is 19.3 Å². The van der Waals surface area contributed by atoms with Gasteiger partial charge in [0.15, 0.2) is 11.5 Å².